The number of hydrogen-bond donors (Lipinski definition) is 1. The van der Waals surface area contributed by atoms with Gasteiger partial charge in [0.2, 0.25) is 5.91 Å². The van der Waals surface area contributed by atoms with Gasteiger partial charge in [-0.25, -0.2) is 0 Å². The lowest BCUT2D eigenvalue weighted by atomic mass is 10.2. The van der Waals surface area contributed by atoms with Crippen LogP contribution in [0.3, 0.4) is 0 Å². The van der Waals surface area contributed by atoms with Crippen LogP contribution in [-0.4, -0.2) is 29.5 Å². The number of fused-ring (bicyclic) bond motifs is 1. The van der Waals surface area contributed by atoms with E-state index in [9.17, 15) is 4.79 Å². The summed E-state index contributed by atoms with van der Waals surface area (Å²) in [6.45, 7) is 0.829. The van der Waals surface area contributed by atoms with E-state index in [0.29, 0.717) is 12.1 Å². The number of nitrogens with one attached hydrogen (secondary N) is 1. The highest BCUT2D eigenvalue weighted by Crippen LogP contribution is 2.29. The number of amides is 1. The number of benzene rings is 1. The summed E-state index contributed by atoms with van der Waals surface area (Å²) >= 11 is 0. The molecule has 1 saturated heterocycles. The molecule has 0 bridgehead atoms. The molecule has 2 aliphatic rings. The quantitative estimate of drug-likeness (QED) is 0.947. The Balaban J connectivity index is 1.53. The van der Waals surface area contributed by atoms with Crippen LogP contribution in [0.4, 0.5) is 6.01 Å². The zero-order chi connectivity index (χ0) is 14.9. The highest BCUT2D eigenvalue weighted by molar-refractivity contribution is 5.86. The number of carbonyl (C=O) groups is 1. The Morgan fingerprint density at radius 3 is 2.82 bits per heavy atom. The first-order chi connectivity index (χ1) is 10.8. The Kier molecular flexibility index (Phi) is 3.48. The van der Waals surface area contributed by atoms with Crippen molar-refractivity contribution in [2.75, 3.05) is 11.4 Å². The summed E-state index contributed by atoms with van der Waals surface area (Å²) < 4.78 is 5.84. The number of rotatable bonds is 3. The van der Waals surface area contributed by atoms with Crippen molar-refractivity contribution in [3.05, 3.63) is 24.3 Å². The van der Waals surface area contributed by atoms with E-state index in [1.54, 1.807) is 0 Å². The Bertz CT molecular complexity index is 642. The molecule has 0 unspecified atom stereocenters. The van der Waals surface area contributed by atoms with Gasteiger partial charge in [0, 0.05) is 12.6 Å². The van der Waals surface area contributed by atoms with Crippen LogP contribution in [0.1, 0.15) is 38.5 Å². The Hall–Kier alpha value is -2.04. The molecule has 5 nitrogen and oxygen atoms in total. The normalized spacial score (nSPS) is 22.5. The third-order valence-corrected chi connectivity index (χ3v) is 4.79. The molecule has 1 amide bonds. The molecule has 2 fully saturated rings. The molecule has 0 radical (unpaired) electrons. The first-order valence-corrected chi connectivity index (χ1v) is 8.24. The molecule has 2 heterocycles. The van der Waals surface area contributed by atoms with Gasteiger partial charge in [-0.1, -0.05) is 25.0 Å². The van der Waals surface area contributed by atoms with Crippen LogP contribution in [0.2, 0.25) is 0 Å². The van der Waals surface area contributed by atoms with Crippen molar-refractivity contribution in [3.63, 3.8) is 0 Å². The van der Waals surface area contributed by atoms with Crippen molar-refractivity contribution >= 4 is 23.0 Å². The highest BCUT2D eigenvalue weighted by atomic mass is 16.4. The van der Waals surface area contributed by atoms with E-state index in [-0.39, 0.29) is 11.9 Å². The minimum atomic E-state index is -0.145. The average Bonchev–Trinajstić information content (AvgIpc) is 3.26. The molecule has 116 valence electrons. The fourth-order valence-electron chi connectivity index (χ4n) is 3.62. The Morgan fingerprint density at radius 1 is 1.18 bits per heavy atom. The minimum Gasteiger partial charge on any atom is -0.423 e. The smallest absolute Gasteiger partial charge is 0.299 e. The highest BCUT2D eigenvalue weighted by Gasteiger charge is 2.34. The van der Waals surface area contributed by atoms with Crippen molar-refractivity contribution in [1.29, 1.82) is 0 Å². The number of oxazole rings is 1. The van der Waals surface area contributed by atoms with Crippen molar-refractivity contribution in [2.24, 2.45) is 0 Å². The third-order valence-electron chi connectivity index (χ3n) is 4.79. The number of nitrogens with zero attached hydrogens (tertiary/aromatic N) is 2. The first kappa shape index (κ1) is 13.6. The number of hydrogen-bond acceptors (Lipinski definition) is 4. The molecule has 1 saturated carbocycles. The van der Waals surface area contributed by atoms with Crippen LogP contribution in [0.5, 0.6) is 0 Å². The zero-order valence-corrected chi connectivity index (χ0v) is 12.6. The van der Waals surface area contributed by atoms with Gasteiger partial charge in [0.15, 0.2) is 5.58 Å². The molecule has 22 heavy (non-hydrogen) atoms. The van der Waals surface area contributed by atoms with Gasteiger partial charge in [0.25, 0.3) is 6.01 Å². The molecule has 1 aliphatic heterocycles. The van der Waals surface area contributed by atoms with Crippen molar-refractivity contribution in [3.8, 4) is 0 Å². The van der Waals surface area contributed by atoms with E-state index in [0.717, 1.165) is 43.3 Å². The summed E-state index contributed by atoms with van der Waals surface area (Å²) in [5, 5.41) is 3.20. The first-order valence-electron chi connectivity index (χ1n) is 8.24. The maximum atomic E-state index is 12.6. The van der Waals surface area contributed by atoms with E-state index in [1.807, 2.05) is 29.2 Å². The van der Waals surface area contributed by atoms with Gasteiger partial charge in [-0.3, -0.25) is 4.79 Å². The van der Waals surface area contributed by atoms with Gasteiger partial charge >= 0.3 is 0 Å². The predicted octanol–water partition coefficient (Wildman–Crippen LogP) is 2.86. The summed E-state index contributed by atoms with van der Waals surface area (Å²) in [4.78, 5) is 19.1. The maximum Gasteiger partial charge on any atom is 0.299 e. The van der Waals surface area contributed by atoms with Crippen LogP contribution >= 0.6 is 0 Å². The van der Waals surface area contributed by atoms with Gasteiger partial charge in [0.1, 0.15) is 11.6 Å². The topological polar surface area (TPSA) is 58.4 Å². The number of carbonyl (C=O) groups excluding carboxylic acids is 1. The van der Waals surface area contributed by atoms with Crippen molar-refractivity contribution in [2.45, 2.75) is 50.6 Å². The van der Waals surface area contributed by atoms with E-state index in [2.05, 4.69) is 10.3 Å². The molecule has 4 rings (SSSR count). The summed E-state index contributed by atoms with van der Waals surface area (Å²) in [5.74, 6) is 0.131. The van der Waals surface area contributed by atoms with Crippen LogP contribution in [0, 0.1) is 0 Å². The third kappa shape index (κ3) is 2.45. The molecule has 1 aromatic carbocycles. The van der Waals surface area contributed by atoms with Gasteiger partial charge in [-0.2, -0.15) is 4.98 Å². The molecule has 2 aromatic rings. The van der Waals surface area contributed by atoms with Gasteiger partial charge in [-0.15, -0.1) is 0 Å². The molecule has 1 atom stereocenters. The second-order valence-electron chi connectivity index (χ2n) is 6.31. The van der Waals surface area contributed by atoms with Crippen LogP contribution in [0.15, 0.2) is 28.7 Å². The van der Waals surface area contributed by atoms with Gasteiger partial charge in [-0.05, 0) is 37.8 Å². The van der Waals surface area contributed by atoms with Gasteiger partial charge in [0.05, 0.1) is 0 Å². The minimum absolute atomic E-state index is 0.131. The lowest BCUT2D eigenvalue weighted by Gasteiger charge is -2.23. The SMILES string of the molecule is O=C(NC1CCCC1)[C@@H]1CCCN1c1nc2ccccc2o1. The standard InChI is InChI=1S/C17H21N3O2/c21-16(18-12-6-1-2-7-12)14-9-5-11-20(14)17-19-13-8-3-4-10-15(13)22-17/h3-4,8,10,12,14H,1-2,5-7,9,11H2,(H,18,21)/t14-/m0/s1. The molecule has 1 aliphatic carbocycles. The molecule has 0 spiro atoms. The lowest BCUT2D eigenvalue weighted by molar-refractivity contribution is -0.122. The van der Waals surface area contributed by atoms with Crippen molar-refractivity contribution < 1.29 is 9.21 Å². The van der Waals surface area contributed by atoms with Gasteiger partial charge < -0.3 is 14.6 Å². The Labute approximate surface area is 129 Å². The fourth-order valence-corrected chi connectivity index (χ4v) is 3.62. The monoisotopic (exact) mass is 299 g/mol. The van der Waals surface area contributed by atoms with Crippen molar-refractivity contribution in [1.82, 2.24) is 10.3 Å². The lowest BCUT2D eigenvalue weighted by Crippen LogP contribution is -2.46. The van der Waals surface area contributed by atoms with Crippen LogP contribution < -0.4 is 10.2 Å². The van der Waals surface area contributed by atoms with E-state index >= 15 is 0 Å². The summed E-state index contributed by atoms with van der Waals surface area (Å²) in [5.41, 5.74) is 1.62. The van der Waals surface area contributed by atoms with Crippen LogP contribution in [0.25, 0.3) is 11.1 Å². The number of aromatic nitrogens is 1. The fraction of sp³-hybridized carbons (Fsp3) is 0.529. The average molecular weight is 299 g/mol. The Morgan fingerprint density at radius 2 is 2.00 bits per heavy atom. The zero-order valence-electron chi connectivity index (χ0n) is 12.6. The molecular weight excluding hydrogens is 278 g/mol. The van der Waals surface area contributed by atoms with Crippen LogP contribution in [-0.2, 0) is 4.79 Å². The second kappa shape index (κ2) is 5.63. The largest absolute Gasteiger partial charge is 0.423 e. The van der Waals surface area contributed by atoms with E-state index < -0.39 is 0 Å². The second-order valence-corrected chi connectivity index (χ2v) is 6.31. The molecule has 5 heteroatoms. The number of anilines is 1. The summed E-state index contributed by atoms with van der Waals surface area (Å²) in [6.07, 6.45) is 6.55. The molecule has 1 N–H and O–H groups in total. The summed E-state index contributed by atoms with van der Waals surface area (Å²) in [6, 6.07) is 8.52. The molecular formula is C17H21N3O2. The maximum absolute atomic E-state index is 12.6. The van der Waals surface area contributed by atoms with E-state index in [1.165, 1.54) is 12.8 Å². The van der Waals surface area contributed by atoms with E-state index in [4.69, 9.17) is 4.42 Å². The predicted molar refractivity (Wildman–Crippen MR) is 84.8 cm³/mol. The number of para-hydroxylation sites is 2. The molecule has 1 aromatic heterocycles. The summed E-state index contributed by atoms with van der Waals surface area (Å²) in [7, 11) is 0.